The van der Waals surface area contributed by atoms with Crippen molar-refractivity contribution in [1.29, 1.82) is 0 Å². The number of fused-ring (bicyclic) bond motifs is 1. The average Bonchev–Trinajstić information content (AvgIpc) is 2.52. The summed E-state index contributed by atoms with van der Waals surface area (Å²) >= 11 is 6.00. The zero-order valence-corrected chi connectivity index (χ0v) is 8.78. The lowest BCUT2D eigenvalue weighted by atomic mass is 10.2. The molecule has 0 unspecified atom stereocenters. The van der Waals surface area contributed by atoms with Crippen LogP contribution in [0.15, 0.2) is 24.3 Å². The number of aromatic nitrogens is 1. The molecule has 1 aromatic heterocycles. The van der Waals surface area contributed by atoms with E-state index in [0.717, 1.165) is 5.39 Å². The fraction of sp³-hybridized carbons (Fsp3) is 0.0909. The second kappa shape index (κ2) is 3.51. The number of rotatable bonds is 1. The molecule has 0 aliphatic carbocycles. The Labute approximate surface area is 91.3 Å². The fourth-order valence-electron chi connectivity index (χ4n) is 1.66. The lowest BCUT2D eigenvalue weighted by Gasteiger charge is -2.00. The summed E-state index contributed by atoms with van der Waals surface area (Å²) in [6, 6.07) is 7.15. The molecule has 4 heteroatoms. The van der Waals surface area contributed by atoms with Crippen LogP contribution in [0.25, 0.3) is 10.9 Å². The van der Waals surface area contributed by atoms with Crippen LogP contribution in [0, 0.1) is 0 Å². The van der Waals surface area contributed by atoms with Gasteiger partial charge in [-0.25, -0.2) is 0 Å². The number of nitrogens with zero attached hydrogens (tertiary/aromatic N) is 1. The SMILES string of the molecule is CC(=O)n1c(C=O)c(Cl)c2ccccc21. The van der Waals surface area contributed by atoms with E-state index in [9.17, 15) is 9.59 Å². The van der Waals surface area contributed by atoms with Gasteiger partial charge in [-0.3, -0.25) is 14.2 Å². The number of hydrogen-bond donors (Lipinski definition) is 0. The van der Waals surface area contributed by atoms with Gasteiger partial charge >= 0.3 is 0 Å². The molecule has 0 saturated carbocycles. The molecule has 0 radical (unpaired) electrons. The van der Waals surface area contributed by atoms with Crippen molar-refractivity contribution < 1.29 is 9.59 Å². The summed E-state index contributed by atoms with van der Waals surface area (Å²) in [6.45, 7) is 1.40. The molecule has 3 nitrogen and oxygen atoms in total. The van der Waals surface area contributed by atoms with Crippen LogP contribution in [0.5, 0.6) is 0 Å². The van der Waals surface area contributed by atoms with Crippen LogP contribution in [-0.2, 0) is 0 Å². The molecule has 0 N–H and O–H groups in total. The van der Waals surface area contributed by atoms with Crippen molar-refractivity contribution in [2.45, 2.75) is 6.92 Å². The minimum Gasteiger partial charge on any atom is -0.296 e. The van der Waals surface area contributed by atoms with Crippen LogP contribution in [0.2, 0.25) is 5.02 Å². The molecule has 0 bridgehead atoms. The third-order valence-corrected chi connectivity index (χ3v) is 2.67. The zero-order chi connectivity index (χ0) is 11.0. The average molecular weight is 222 g/mol. The van der Waals surface area contributed by atoms with Crippen LogP contribution in [0.1, 0.15) is 22.2 Å². The van der Waals surface area contributed by atoms with Crippen molar-refractivity contribution >= 4 is 34.7 Å². The predicted molar refractivity (Wildman–Crippen MR) is 58.6 cm³/mol. The van der Waals surface area contributed by atoms with Crippen molar-refractivity contribution in [1.82, 2.24) is 4.57 Å². The molecule has 1 heterocycles. The summed E-state index contributed by atoms with van der Waals surface area (Å²) in [4.78, 5) is 22.3. The number of benzene rings is 1. The van der Waals surface area contributed by atoms with Crippen molar-refractivity contribution in [3.05, 3.63) is 35.0 Å². The van der Waals surface area contributed by atoms with E-state index in [1.807, 2.05) is 6.07 Å². The van der Waals surface area contributed by atoms with E-state index in [0.29, 0.717) is 16.8 Å². The van der Waals surface area contributed by atoms with Gasteiger partial charge in [0.25, 0.3) is 0 Å². The standard InChI is InChI=1S/C11H8ClNO2/c1-7(15)13-9-5-3-2-4-8(9)11(12)10(13)6-14/h2-6H,1H3. The maximum Gasteiger partial charge on any atom is 0.228 e. The number of aldehydes is 1. The number of carbonyl (C=O) groups excluding carboxylic acids is 2. The van der Waals surface area contributed by atoms with Gasteiger partial charge in [0.2, 0.25) is 5.91 Å². The Morgan fingerprint density at radius 1 is 1.40 bits per heavy atom. The van der Waals surface area contributed by atoms with E-state index >= 15 is 0 Å². The predicted octanol–water partition coefficient (Wildman–Crippen LogP) is 2.77. The van der Waals surface area contributed by atoms with Gasteiger partial charge in [-0.2, -0.15) is 0 Å². The van der Waals surface area contributed by atoms with Crippen LogP contribution in [0.3, 0.4) is 0 Å². The summed E-state index contributed by atoms with van der Waals surface area (Å²) in [5, 5.41) is 1.05. The van der Waals surface area contributed by atoms with Gasteiger partial charge in [-0.1, -0.05) is 29.8 Å². The van der Waals surface area contributed by atoms with Crippen molar-refractivity contribution in [3.63, 3.8) is 0 Å². The second-order valence-corrected chi connectivity index (χ2v) is 3.57. The van der Waals surface area contributed by atoms with Gasteiger partial charge in [0, 0.05) is 12.3 Å². The first-order valence-electron chi connectivity index (χ1n) is 4.42. The Kier molecular flexibility index (Phi) is 2.32. The molecule has 0 fully saturated rings. The molecule has 0 atom stereocenters. The van der Waals surface area contributed by atoms with Crippen LogP contribution in [0.4, 0.5) is 0 Å². The third kappa shape index (κ3) is 1.36. The largest absolute Gasteiger partial charge is 0.296 e. The Morgan fingerprint density at radius 2 is 2.07 bits per heavy atom. The molecule has 2 aromatic rings. The molecule has 76 valence electrons. The first kappa shape index (κ1) is 9.93. The highest BCUT2D eigenvalue weighted by molar-refractivity contribution is 6.38. The van der Waals surface area contributed by atoms with Gasteiger partial charge < -0.3 is 0 Å². The molecular weight excluding hydrogens is 214 g/mol. The van der Waals surface area contributed by atoms with Gasteiger partial charge in [0.1, 0.15) is 5.69 Å². The van der Waals surface area contributed by atoms with Crippen molar-refractivity contribution in [3.8, 4) is 0 Å². The minimum absolute atomic E-state index is 0.213. The summed E-state index contributed by atoms with van der Waals surface area (Å²) in [7, 11) is 0. The lowest BCUT2D eigenvalue weighted by Crippen LogP contribution is -2.08. The zero-order valence-electron chi connectivity index (χ0n) is 8.03. The van der Waals surface area contributed by atoms with E-state index in [1.54, 1.807) is 18.2 Å². The summed E-state index contributed by atoms with van der Waals surface area (Å²) < 4.78 is 1.32. The number of para-hydroxylation sites is 1. The molecule has 0 amide bonds. The van der Waals surface area contributed by atoms with Crippen LogP contribution < -0.4 is 0 Å². The molecular formula is C11H8ClNO2. The molecule has 0 spiro atoms. The van der Waals surface area contributed by atoms with Gasteiger partial charge in [0.05, 0.1) is 10.5 Å². The number of carbonyl (C=O) groups is 2. The fourth-order valence-corrected chi connectivity index (χ4v) is 1.95. The van der Waals surface area contributed by atoms with E-state index in [1.165, 1.54) is 11.5 Å². The van der Waals surface area contributed by atoms with Crippen molar-refractivity contribution in [2.75, 3.05) is 0 Å². The van der Waals surface area contributed by atoms with Gasteiger partial charge in [0.15, 0.2) is 6.29 Å². The molecule has 0 saturated heterocycles. The molecule has 0 aliphatic rings. The topological polar surface area (TPSA) is 39.1 Å². The number of hydrogen-bond acceptors (Lipinski definition) is 2. The van der Waals surface area contributed by atoms with E-state index < -0.39 is 0 Å². The minimum atomic E-state index is -0.222. The smallest absolute Gasteiger partial charge is 0.228 e. The summed E-state index contributed by atoms with van der Waals surface area (Å²) in [5.41, 5.74) is 0.877. The van der Waals surface area contributed by atoms with Gasteiger partial charge in [-0.05, 0) is 6.07 Å². The lowest BCUT2D eigenvalue weighted by molar-refractivity contribution is 0.0929. The Hall–Kier alpha value is -1.61. The molecule has 0 aliphatic heterocycles. The maximum absolute atomic E-state index is 11.4. The van der Waals surface area contributed by atoms with E-state index in [2.05, 4.69) is 0 Å². The Balaban J connectivity index is 2.97. The molecule has 15 heavy (non-hydrogen) atoms. The van der Waals surface area contributed by atoms with Crippen LogP contribution >= 0.6 is 11.6 Å². The molecule has 1 aromatic carbocycles. The molecule has 2 rings (SSSR count). The third-order valence-electron chi connectivity index (χ3n) is 2.27. The highest BCUT2D eigenvalue weighted by Crippen LogP contribution is 2.29. The second-order valence-electron chi connectivity index (χ2n) is 3.19. The highest BCUT2D eigenvalue weighted by atomic mass is 35.5. The van der Waals surface area contributed by atoms with E-state index in [4.69, 9.17) is 11.6 Å². The van der Waals surface area contributed by atoms with Crippen LogP contribution in [-0.4, -0.2) is 16.8 Å². The Bertz CT molecular complexity index is 557. The highest BCUT2D eigenvalue weighted by Gasteiger charge is 2.16. The first-order valence-corrected chi connectivity index (χ1v) is 4.79. The Morgan fingerprint density at radius 3 is 2.67 bits per heavy atom. The first-order chi connectivity index (χ1) is 7.16. The number of halogens is 1. The quantitative estimate of drug-likeness (QED) is 0.695. The normalized spacial score (nSPS) is 10.5. The maximum atomic E-state index is 11.4. The van der Waals surface area contributed by atoms with Gasteiger partial charge in [-0.15, -0.1) is 0 Å². The summed E-state index contributed by atoms with van der Waals surface area (Å²) in [6.07, 6.45) is 0.601. The van der Waals surface area contributed by atoms with Crippen molar-refractivity contribution in [2.24, 2.45) is 0 Å². The van der Waals surface area contributed by atoms with E-state index in [-0.39, 0.29) is 11.6 Å². The monoisotopic (exact) mass is 221 g/mol. The summed E-state index contributed by atoms with van der Waals surface area (Å²) in [5.74, 6) is -0.222.